The van der Waals surface area contributed by atoms with Gasteiger partial charge in [-0.1, -0.05) is 19.1 Å². The molecule has 0 amide bonds. The molecule has 4 heteroatoms. The van der Waals surface area contributed by atoms with E-state index in [0.717, 1.165) is 45.8 Å². The van der Waals surface area contributed by atoms with Crippen molar-refractivity contribution in [2.75, 3.05) is 7.11 Å². The van der Waals surface area contributed by atoms with Gasteiger partial charge in [0.15, 0.2) is 5.78 Å². The quantitative estimate of drug-likeness (QED) is 0.834. The van der Waals surface area contributed by atoms with Crippen LogP contribution in [0.15, 0.2) is 51.8 Å². The van der Waals surface area contributed by atoms with Crippen LogP contribution in [-0.2, 0) is 4.79 Å². The SMILES string of the molecule is CCC1=CCC(=O)C2=C1CC=C1N=c3cc(OC)ncc3=C12. The van der Waals surface area contributed by atoms with E-state index in [1.165, 1.54) is 5.57 Å². The summed E-state index contributed by atoms with van der Waals surface area (Å²) in [5, 5.41) is 1.77. The molecular weight excluding hydrogens is 276 g/mol. The molecule has 4 rings (SSSR count). The molecule has 0 radical (unpaired) electrons. The number of methoxy groups -OCH3 is 1. The second-order valence-corrected chi connectivity index (χ2v) is 5.59. The number of fused-ring (bicyclic) bond motifs is 3. The Balaban J connectivity index is 2.03. The van der Waals surface area contributed by atoms with Gasteiger partial charge in [-0.05, 0) is 24.0 Å². The van der Waals surface area contributed by atoms with E-state index in [9.17, 15) is 4.79 Å². The third kappa shape index (κ3) is 1.73. The standard InChI is InChI=1S/C18H16N2O2/c1-3-10-4-7-15(21)18-11(10)5-6-13-17(18)12-9-19-16(22-2)8-14(12)20-13/h4,6,8-9H,3,5,7H2,1-2H3. The molecule has 0 aromatic carbocycles. The lowest BCUT2D eigenvalue weighted by Gasteiger charge is -2.24. The van der Waals surface area contributed by atoms with Crippen LogP contribution >= 0.6 is 0 Å². The van der Waals surface area contributed by atoms with Crippen LogP contribution in [0.4, 0.5) is 0 Å². The highest BCUT2D eigenvalue weighted by Gasteiger charge is 2.31. The Morgan fingerprint density at radius 3 is 2.86 bits per heavy atom. The number of rotatable bonds is 2. The van der Waals surface area contributed by atoms with E-state index in [1.807, 2.05) is 6.07 Å². The van der Waals surface area contributed by atoms with Gasteiger partial charge in [0.05, 0.1) is 18.2 Å². The molecule has 1 aliphatic heterocycles. The molecule has 2 aliphatic carbocycles. The number of carbonyl (C=O) groups is 1. The third-order valence-corrected chi connectivity index (χ3v) is 4.47. The van der Waals surface area contributed by atoms with Crippen LogP contribution in [0.3, 0.4) is 0 Å². The molecule has 0 saturated heterocycles. The van der Waals surface area contributed by atoms with E-state index in [0.29, 0.717) is 12.3 Å². The number of aromatic nitrogens is 1. The molecule has 0 saturated carbocycles. The molecule has 1 aromatic rings. The molecule has 2 heterocycles. The largest absolute Gasteiger partial charge is 0.481 e. The molecule has 0 unspecified atom stereocenters. The van der Waals surface area contributed by atoms with Gasteiger partial charge in [-0.2, -0.15) is 0 Å². The second kappa shape index (κ2) is 4.77. The zero-order valence-corrected chi connectivity index (χ0v) is 12.6. The Bertz CT molecular complexity index is 917. The summed E-state index contributed by atoms with van der Waals surface area (Å²) in [5.41, 5.74) is 5.15. The van der Waals surface area contributed by atoms with E-state index in [2.05, 4.69) is 29.1 Å². The molecule has 0 atom stereocenters. The Morgan fingerprint density at radius 2 is 2.09 bits per heavy atom. The lowest BCUT2D eigenvalue weighted by Crippen LogP contribution is -2.27. The second-order valence-electron chi connectivity index (χ2n) is 5.59. The highest BCUT2D eigenvalue weighted by atomic mass is 16.5. The number of hydrogen-bond donors (Lipinski definition) is 0. The topological polar surface area (TPSA) is 51.5 Å². The summed E-state index contributed by atoms with van der Waals surface area (Å²) in [6.07, 6.45) is 8.16. The number of pyridine rings is 1. The van der Waals surface area contributed by atoms with Gasteiger partial charge < -0.3 is 4.74 Å². The maximum Gasteiger partial charge on any atom is 0.215 e. The number of hydrogen-bond acceptors (Lipinski definition) is 4. The Hall–Kier alpha value is -2.49. The minimum absolute atomic E-state index is 0.187. The predicted molar refractivity (Wildman–Crippen MR) is 82.7 cm³/mol. The van der Waals surface area contributed by atoms with E-state index in [4.69, 9.17) is 4.74 Å². The van der Waals surface area contributed by atoms with Crippen LogP contribution in [0.25, 0.3) is 5.57 Å². The summed E-state index contributed by atoms with van der Waals surface area (Å²) >= 11 is 0. The molecule has 4 nitrogen and oxygen atoms in total. The van der Waals surface area contributed by atoms with E-state index >= 15 is 0 Å². The third-order valence-electron chi connectivity index (χ3n) is 4.47. The number of ether oxygens (including phenoxy) is 1. The lowest BCUT2D eigenvalue weighted by molar-refractivity contribution is -0.114. The Labute approximate surface area is 128 Å². The maximum atomic E-state index is 12.5. The van der Waals surface area contributed by atoms with Crippen molar-refractivity contribution in [1.82, 2.24) is 4.98 Å². The van der Waals surface area contributed by atoms with E-state index in [1.54, 1.807) is 13.3 Å². The van der Waals surface area contributed by atoms with Crippen molar-refractivity contribution < 1.29 is 9.53 Å². The number of allylic oxidation sites excluding steroid dienone is 5. The van der Waals surface area contributed by atoms with Gasteiger partial charge in [-0.25, -0.2) is 9.98 Å². The van der Waals surface area contributed by atoms with E-state index in [-0.39, 0.29) is 5.78 Å². The molecule has 0 bridgehead atoms. The highest BCUT2D eigenvalue weighted by molar-refractivity contribution is 6.13. The van der Waals surface area contributed by atoms with Crippen molar-refractivity contribution in [3.8, 4) is 5.88 Å². The average molecular weight is 292 g/mol. The van der Waals surface area contributed by atoms with Crippen LogP contribution in [-0.4, -0.2) is 17.9 Å². The summed E-state index contributed by atoms with van der Waals surface area (Å²) in [6.45, 7) is 2.13. The van der Waals surface area contributed by atoms with Crippen molar-refractivity contribution in [2.24, 2.45) is 4.99 Å². The van der Waals surface area contributed by atoms with Crippen molar-refractivity contribution in [3.63, 3.8) is 0 Å². The molecule has 0 spiro atoms. The first-order valence-corrected chi connectivity index (χ1v) is 7.52. The van der Waals surface area contributed by atoms with Crippen molar-refractivity contribution in [3.05, 3.63) is 57.4 Å². The fraction of sp³-hybridized carbons (Fsp3) is 0.278. The monoisotopic (exact) mass is 292 g/mol. The summed E-state index contributed by atoms with van der Waals surface area (Å²) in [4.78, 5) is 21.5. The fourth-order valence-corrected chi connectivity index (χ4v) is 3.41. The van der Waals surface area contributed by atoms with Gasteiger partial charge >= 0.3 is 0 Å². The minimum atomic E-state index is 0.187. The van der Waals surface area contributed by atoms with Crippen LogP contribution in [0.2, 0.25) is 0 Å². The van der Waals surface area contributed by atoms with Crippen LogP contribution in [0.1, 0.15) is 26.2 Å². The van der Waals surface area contributed by atoms with Gasteiger partial charge in [0.25, 0.3) is 0 Å². The fourth-order valence-electron chi connectivity index (χ4n) is 3.41. The maximum absolute atomic E-state index is 12.5. The van der Waals surface area contributed by atoms with Crippen LogP contribution in [0, 0.1) is 0 Å². The summed E-state index contributed by atoms with van der Waals surface area (Å²) < 4.78 is 5.17. The first-order chi connectivity index (χ1) is 10.7. The number of carbonyl (C=O) groups excluding carboxylic acids is 1. The highest BCUT2D eigenvalue weighted by Crippen LogP contribution is 2.39. The minimum Gasteiger partial charge on any atom is -0.481 e. The van der Waals surface area contributed by atoms with Crippen molar-refractivity contribution in [2.45, 2.75) is 26.2 Å². The van der Waals surface area contributed by atoms with Crippen molar-refractivity contribution in [1.29, 1.82) is 0 Å². The molecule has 22 heavy (non-hydrogen) atoms. The van der Waals surface area contributed by atoms with Crippen LogP contribution in [0.5, 0.6) is 5.88 Å². The summed E-state index contributed by atoms with van der Waals surface area (Å²) in [7, 11) is 1.59. The summed E-state index contributed by atoms with van der Waals surface area (Å²) in [5.74, 6) is 0.729. The molecule has 1 aromatic heterocycles. The number of ketones is 1. The molecule has 0 N–H and O–H groups in total. The lowest BCUT2D eigenvalue weighted by atomic mass is 9.79. The number of Topliss-reactive ketones (excluding diaryl/α,β-unsaturated/α-hetero) is 1. The Kier molecular flexibility index (Phi) is 2.86. The normalized spacial score (nSPS) is 19.0. The first kappa shape index (κ1) is 13.2. The molecule has 110 valence electrons. The molecular formula is C18H16N2O2. The van der Waals surface area contributed by atoms with Gasteiger partial charge in [-0.15, -0.1) is 0 Å². The zero-order valence-electron chi connectivity index (χ0n) is 12.6. The van der Waals surface area contributed by atoms with Gasteiger partial charge in [0.2, 0.25) is 5.88 Å². The van der Waals surface area contributed by atoms with Crippen molar-refractivity contribution >= 4 is 11.4 Å². The molecule has 3 aliphatic rings. The average Bonchev–Trinajstić information content (AvgIpc) is 2.92. The predicted octanol–water partition coefficient (Wildman–Crippen LogP) is 1.77. The summed E-state index contributed by atoms with van der Waals surface area (Å²) in [6, 6.07) is 1.83. The van der Waals surface area contributed by atoms with Crippen LogP contribution < -0.4 is 15.3 Å². The van der Waals surface area contributed by atoms with Gasteiger partial charge in [-0.3, -0.25) is 4.79 Å². The number of nitrogens with zero attached hydrogens (tertiary/aromatic N) is 2. The molecule has 0 fully saturated rings. The first-order valence-electron chi connectivity index (χ1n) is 7.52. The van der Waals surface area contributed by atoms with Gasteiger partial charge in [0, 0.05) is 35.0 Å². The Morgan fingerprint density at radius 1 is 1.23 bits per heavy atom. The van der Waals surface area contributed by atoms with E-state index < -0.39 is 0 Å². The van der Waals surface area contributed by atoms with Gasteiger partial charge in [0.1, 0.15) is 0 Å². The zero-order chi connectivity index (χ0) is 15.3. The smallest absolute Gasteiger partial charge is 0.215 e.